The highest BCUT2D eigenvalue weighted by Gasteiger charge is 2.16. The Balaban J connectivity index is 3.21. The lowest BCUT2D eigenvalue weighted by atomic mass is 10.0. The number of rotatable bonds is 6. The lowest BCUT2D eigenvalue weighted by Crippen LogP contribution is -2.14. The van der Waals surface area contributed by atoms with E-state index in [9.17, 15) is 4.79 Å². The van der Waals surface area contributed by atoms with Crippen LogP contribution in [0.15, 0.2) is 16.6 Å². The molecule has 0 saturated carbocycles. The van der Waals surface area contributed by atoms with Gasteiger partial charge in [-0.15, -0.1) is 0 Å². The zero-order chi connectivity index (χ0) is 12.8. The lowest BCUT2D eigenvalue weighted by molar-refractivity contribution is 0.0996. The number of benzene rings is 1. The maximum Gasteiger partial charge on any atom is 0.252 e. The third-order valence-electron chi connectivity index (χ3n) is 2.54. The number of nitrogens with two attached hydrogens (primary N) is 1. The van der Waals surface area contributed by atoms with E-state index >= 15 is 0 Å². The van der Waals surface area contributed by atoms with Crippen molar-refractivity contribution in [3.05, 3.63) is 27.7 Å². The Morgan fingerprint density at radius 1 is 1.41 bits per heavy atom. The van der Waals surface area contributed by atoms with Gasteiger partial charge in [0, 0.05) is 10.0 Å². The third kappa shape index (κ3) is 3.46. The van der Waals surface area contributed by atoms with Crippen molar-refractivity contribution in [3.63, 3.8) is 0 Å². The summed E-state index contributed by atoms with van der Waals surface area (Å²) < 4.78 is 6.55. The number of carbonyl (C=O) groups is 1. The van der Waals surface area contributed by atoms with Gasteiger partial charge in [0.25, 0.3) is 5.91 Å². The Labute approximate surface area is 110 Å². The molecule has 1 amide bonds. The molecule has 0 radical (unpaired) electrons. The van der Waals surface area contributed by atoms with E-state index in [4.69, 9.17) is 10.5 Å². The molecule has 0 aromatic heterocycles. The number of unbranched alkanes of at least 4 members (excludes halogenated alkanes) is 1. The topological polar surface area (TPSA) is 52.3 Å². The van der Waals surface area contributed by atoms with Gasteiger partial charge >= 0.3 is 0 Å². The number of carbonyl (C=O) groups excluding carboxylic acids is 1. The summed E-state index contributed by atoms with van der Waals surface area (Å²) in [7, 11) is 0. The van der Waals surface area contributed by atoms with E-state index in [-0.39, 0.29) is 0 Å². The molecular formula is C13H18BrNO2. The van der Waals surface area contributed by atoms with Crippen molar-refractivity contribution in [2.75, 3.05) is 6.61 Å². The standard InChI is InChI=1S/C13H18BrNO2/c1-3-5-6-9-11(14)8-7-10(13(15)16)12(9)17-4-2/h7-8H,3-6H2,1-2H3,(H2,15,16). The SMILES string of the molecule is CCCCc1c(Br)ccc(C(N)=O)c1OCC. The predicted octanol–water partition coefficient (Wildman–Crippen LogP) is 3.29. The van der Waals surface area contributed by atoms with Crippen molar-refractivity contribution in [3.8, 4) is 5.75 Å². The first-order valence-corrected chi connectivity index (χ1v) is 6.65. The van der Waals surface area contributed by atoms with Crippen molar-refractivity contribution in [1.29, 1.82) is 0 Å². The fraction of sp³-hybridized carbons (Fsp3) is 0.462. The molecule has 0 aliphatic heterocycles. The second-order valence-corrected chi connectivity index (χ2v) is 4.66. The summed E-state index contributed by atoms with van der Waals surface area (Å²) in [5.41, 5.74) is 6.85. The highest BCUT2D eigenvalue weighted by molar-refractivity contribution is 9.10. The van der Waals surface area contributed by atoms with Gasteiger partial charge in [-0.25, -0.2) is 0 Å². The van der Waals surface area contributed by atoms with Crippen molar-refractivity contribution in [2.24, 2.45) is 5.73 Å². The lowest BCUT2D eigenvalue weighted by Gasteiger charge is -2.15. The van der Waals surface area contributed by atoms with Gasteiger partial charge in [-0.05, 0) is 31.9 Å². The number of hydrogen-bond acceptors (Lipinski definition) is 2. The molecule has 3 nitrogen and oxygen atoms in total. The second-order valence-electron chi connectivity index (χ2n) is 3.80. The van der Waals surface area contributed by atoms with Crippen LogP contribution in [0.1, 0.15) is 42.6 Å². The molecule has 17 heavy (non-hydrogen) atoms. The molecule has 0 saturated heterocycles. The second kappa shape index (κ2) is 6.64. The number of ether oxygens (including phenoxy) is 1. The van der Waals surface area contributed by atoms with Crippen LogP contribution in [0.3, 0.4) is 0 Å². The van der Waals surface area contributed by atoms with Gasteiger partial charge in [0.1, 0.15) is 5.75 Å². The van der Waals surface area contributed by atoms with Crippen LogP contribution in [-0.4, -0.2) is 12.5 Å². The fourth-order valence-electron chi connectivity index (χ4n) is 1.69. The van der Waals surface area contributed by atoms with Crippen LogP contribution in [0.5, 0.6) is 5.75 Å². The normalized spacial score (nSPS) is 10.3. The Bertz CT molecular complexity index is 405. The van der Waals surface area contributed by atoms with Crippen molar-refractivity contribution in [2.45, 2.75) is 33.1 Å². The summed E-state index contributed by atoms with van der Waals surface area (Å²) in [6, 6.07) is 3.56. The van der Waals surface area contributed by atoms with E-state index in [2.05, 4.69) is 22.9 Å². The Morgan fingerprint density at radius 2 is 2.12 bits per heavy atom. The van der Waals surface area contributed by atoms with Crippen molar-refractivity contribution in [1.82, 2.24) is 0 Å². The van der Waals surface area contributed by atoms with Gasteiger partial charge in [0.05, 0.1) is 12.2 Å². The molecule has 1 aromatic rings. The first-order valence-electron chi connectivity index (χ1n) is 5.85. The maximum absolute atomic E-state index is 11.4. The average Bonchev–Trinajstić information content (AvgIpc) is 2.28. The number of halogens is 1. The number of hydrogen-bond donors (Lipinski definition) is 1. The third-order valence-corrected chi connectivity index (χ3v) is 3.28. The quantitative estimate of drug-likeness (QED) is 0.876. The van der Waals surface area contributed by atoms with Gasteiger partial charge < -0.3 is 10.5 Å². The minimum atomic E-state index is -0.446. The Morgan fingerprint density at radius 3 is 2.65 bits per heavy atom. The highest BCUT2D eigenvalue weighted by Crippen LogP contribution is 2.32. The Hall–Kier alpha value is -1.03. The first kappa shape index (κ1) is 14.0. The van der Waals surface area contributed by atoms with Crippen LogP contribution in [-0.2, 0) is 6.42 Å². The van der Waals surface area contributed by atoms with Crippen LogP contribution < -0.4 is 10.5 Å². The molecule has 0 heterocycles. The van der Waals surface area contributed by atoms with E-state index < -0.39 is 5.91 Å². The molecule has 1 rings (SSSR count). The Kier molecular flexibility index (Phi) is 5.48. The summed E-state index contributed by atoms with van der Waals surface area (Å²) in [5, 5.41) is 0. The summed E-state index contributed by atoms with van der Waals surface area (Å²) in [5.74, 6) is 0.182. The molecule has 0 fully saturated rings. The summed E-state index contributed by atoms with van der Waals surface area (Å²) >= 11 is 3.50. The van der Waals surface area contributed by atoms with E-state index in [1.165, 1.54) is 0 Å². The molecule has 2 N–H and O–H groups in total. The smallest absolute Gasteiger partial charge is 0.252 e. The van der Waals surface area contributed by atoms with E-state index in [0.717, 1.165) is 29.3 Å². The fourth-order valence-corrected chi connectivity index (χ4v) is 2.20. The van der Waals surface area contributed by atoms with E-state index in [0.29, 0.717) is 17.9 Å². The van der Waals surface area contributed by atoms with Gasteiger partial charge in [-0.1, -0.05) is 29.3 Å². The molecule has 0 spiro atoms. The first-order chi connectivity index (χ1) is 8.11. The molecule has 0 aliphatic carbocycles. The molecule has 94 valence electrons. The molecule has 0 bridgehead atoms. The minimum absolute atomic E-state index is 0.446. The molecular weight excluding hydrogens is 282 g/mol. The average molecular weight is 300 g/mol. The largest absolute Gasteiger partial charge is 0.493 e. The van der Waals surface area contributed by atoms with Crippen LogP contribution in [0.4, 0.5) is 0 Å². The molecule has 1 aromatic carbocycles. The van der Waals surface area contributed by atoms with Gasteiger partial charge in [-0.2, -0.15) is 0 Å². The number of amides is 1. The zero-order valence-electron chi connectivity index (χ0n) is 10.3. The van der Waals surface area contributed by atoms with Crippen molar-refractivity contribution < 1.29 is 9.53 Å². The highest BCUT2D eigenvalue weighted by atomic mass is 79.9. The van der Waals surface area contributed by atoms with Gasteiger partial charge in [-0.3, -0.25) is 4.79 Å². The molecule has 0 atom stereocenters. The van der Waals surface area contributed by atoms with Gasteiger partial charge in [0.15, 0.2) is 0 Å². The maximum atomic E-state index is 11.4. The minimum Gasteiger partial charge on any atom is -0.493 e. The summed E-state index contributed by atoms with van der Waals surface area (Å²) in [4.78, 5) is 11.4. The monoisotopic (exact) mass is 299 g/mol. The molecule has 4 heteroatoms. The predicted molar refractivity (Wildman–Crippen MR) is 72.4 cm³/mol. The van der Waals surface area contributed by atoms with Crippen molar-refractivity contribution >= 4 is 21.8 Å². The zero-order valence-corrected chi connectivity index (χ0v) is 11.8. The molecule has 0 unspecified atom stereocenters. The van der Waals surface area contributed by atoms with E-state index in [1.807, 2.05) is 13.0 Å². The van der Waals surface area contributed by atoms with Crippen LogP contribution >= 0.6 is 15.9 Å². The summed E-state index contributed by atoms with van der Waals surface area (Å²) in [6.07, 6.45) is 3.03. The van der Waals surface area contributed by atoms with Gasteiger partial charge in [0.2, 0.25) is 0 Å². The number of primary amides is 1. The van der Waals surface area contributed by atoms with E-state index in [1.54, 1.807) is 6.07 Å². The molecule has 0 aliphatic rings. The van der Waals surface area contributed by atoms with Crippen LogP contribution in [0.2, 0.25) is 0 Å². The van der Waals surface area contributed by atoms with Crippen LogP contribution in [0.25, 0.3) is 0 Å². The summed E-state index contributed by atoms with van der Waals surface area (Å²) in [6.45, 7) is 4.55. The van der Waals surface area contributed by atoms with Crippen LogP contribution in [0, 0.1) is 0 Å².